The molecule has 1 aliphatic carbocycles. The van der Waals surface area contributed by atoms with Gasteiger partial charge in [0.05, 0.1) is 17.9 Å². The Morgan fingerprint density at radius 2 is 2.00 bits per heavy atom. The molecule has 130 valence electrons. The zero-order chi connectivity index (χ0) is 16.8. The van der Waals surface area contributed by atoms with Crippen molar-refractivity contribution >= 4 is 11.8 Å². The maximum absolute atomic E-state index is 12.9. The number of amides is 2. The topological polar surface area (TPSA) is 89.9 Å². The molecule has 5 aliphatic heterocycles. The van der Waals surface area contributed by atoms with E-state index in [-0.39, 0.29) is 17.9 Å². The minimum absolute atomic E-state index is 0.0299. The van der Waals surface area contributed by atoms with Crippen LogP contribution in [-0.2, 0) is 9.59 Å². The molecule has 0 aromatic carbocycles. The summed E-state index contributed by atoms with van der Waals surface area (Å²) in [5.74, 6) is -1.34. The second-order valence-electron chi connectivity index (χ2n) is 7.33. The summed E-state index contributed by atoms with van der Waals surface area (Å²) >= 11 is 0. The Bertz CT molecular complexity index is 497. The summed E-state index contributed by atoms with van der Waals surface area (Å²) in [6, 6.07) is -0.981. The minimum Gasteiger partial charge on any atom is -0.388 e. The SMILES string of the molecule is CCCCN1C(=O)C2CC[C@@H]1[C@@H]1C(=O)NC2C(O)C1(O)CCC. The maximum Gasteiger partial charge on any atom is 0.228 e. The van der Waals surface area contributed by atoms with Gasteiger partial charge in [-0.3, -0.25) is 9.59 Å². The molecule has 6 atom stereocenters. The zero-order valence-corrected chi connectivity index (χ0v) is 14.0. The normalized spacial score (nSPS) is 42.6. The van der Waals surface area contributed by atoms with Crippen LogP contribution in [0.4, 0.5) is 0 Å². The van der Waals surface area contributed by atoms with Crippen molar-refractivity contribution in [3.8, 4) is 0 Å². The Hall–Kier alpha value is -1.14. The Morgan fingerprint density at radius 1 is 1.26 bits per heavy atom. The summed E-state index contributed by atoms with van der Waals surface area (Å²) in [6.07, 6.45) is 3.26. The first-order valence-corrected chi connectivity index (χ1v) is 8.97. The summed E-state index contributed by atoms with van der Waals surface area (Å²) in [5.41, 5.74) is -1.43. The van der Waals surface area contributed by atoms with Crippen molar-refractivity contribution in [1.29, 1.82) is 0 Å². The summed E-state index contributed by atoms with van der Waals surface area (Å²) < 4.78 is 0. The van der Waals surface area contributed by atoms with Crippen molar-refractivity contribution in [3.05, 3.63) is 0 Å². The summed E-state index contributed by atoms with van der Waals surface area (Å²) in [4.78, 5) is 27.3. The molecule has 6 nitrogen and oxygen atoms in total. The number of nitrogens with zero attached hydrogens (tertiary/aromatic N) is 1. The van der Waals surface area contributed by atoms with Gasteiger partial charge in [0.1, 0.15) is 11.7 Å². The highest BCUT2D eigenvalue weighted by atomic mass is 16.3. The van der Waals surface area contributed by atoms with Gasteiger partial charge in [-0.15, -0.1) is 0 Å². The maximum atomic E-state index is 12.9. The molecule has 6 aliphatic rings. The number of unbranched alkanes of at least 4 members (excludes halogenated alkanes) is 1. The highest BCUT2D eigenvalue weighted by molar-refractivity contribution is 5.89. The minimum atomic E-state index is -1.43. The molecule has 5 heterocycles. The first kappa shape index (κ1) is 16.7. The van der Waals surface area contributed by atoms with Crippen LogP contribution in [0, 0.1) is 11.8 Å². The number of nitrogens with one attached hydrogen (secondary N) is 1. The number of piperidine rings is 2. The van der Waals surface area contributed by atoms with E-state index in [4.69, 9.17) is 0 Å². The molecular formula is C17H28N2O4. The smallest absolute Gasteiger partial charge is 0.228 e. The molecule has 5 saturated heterocycles. The lowest BCUT2D eigenvalue weighted by molar-refractivity contribution is -0.206. The van der Waals surface area contributed by atoms with E-state index in [0.29, 0.717) is 25.8 Å². The lowest BCUT2D eigenvalue weighted by atomic mass is 9.61. The average molecular weight is 324 g/mol. The number of hydrogen-bond acceptors (Lipinski definition) is 4. The molecule has 0 spiro atoms. The van der Waals surface area contributed by atoms with E-state index in [9.17, 15) is 19.8 Å². The van der Waals surface area contributed by atoms with E-state index in [1.165, 1.54) is 0 Å². The van der Waals surface area contributed by atoms with Gasteiger partial charge in [-0.1, -0.05) is 26.7 Å². The van der Waals surface area contributed by atoms with Gasteiger partial charge in [-0.05, 0) is 25.7 Å². The quantitative estimate of drug-likeness (QED) is 0.683. The van der Waals surface area contributed by atoms with Gasteiger partial charge < -0.3 is 20.4 Å². The number of carbonyl (C=O) groups excluding carboxylic acids is 2. The molecule has 6 heteroatoms. The Labute approximate surface area is 137 Å². The number of carbonyl (C=O) groups is 2. The predicted molar refractivity (Wildman–Crippen MR) is 84.4 cm³/mol. The van der Waals surface area contributed by atoms with Crippen LogP contribution in [0.1, 0.15) is 52.4 Å². The largest absolute Gasteiger partial charge is 0.388 e. The van der Waals surface area contributed by atoms with Crippen LogP contribution in [0.15, 0.2) is 0 Å². The van der Waals surface area contributed by atoms with Gasteiger partial charge in [0.25, 0.3) is 0 Å². The molecule has 23 heavy (non-hydrogen) atoms. The molecule has 3 N–H and O–H groups in total. The highest BCUT2D eigenvalue weighted by Crippen LogP contribution is 2.46. The second-order valence-corrected chi connectivity index (χ2v) is 7.33. The van der Waals surface area contributed by atoms with E-state index in [1.807, 2.05) is 11.8 Å². The molecule has 6 fully saturated rings. The first-order chi connectivity index (χ1) is 11.0. The predicted octanol–water partition coefficient (Wildman–Crippen LogP) is 0.414. The zero-order valence-electron chi connectivity index (χ0n) is 14.0. The van der Waals surface area contributed by atoms with E-state index in [2.05, 4.69) is 12.2 Å². The summed E-state index contributed by atoms with van der Waals surface area (Å²) in [6.45, 7) is 4.64. The van der Waals surface area contributed by atoms with Gasteiger partial charge in [0.15, 0.2) is 0 Å². The lowest BCUT2D eigenvalue weighted by Gasteiger charge is -2.58. The van der Waals surface area contributed by atoms with E-state index in [1.54, 1.807) is 0 Å². The summed E-state index contributed by atoms with van der Waals surface area (Å²) in [7, 11) is 0. The fourth-order valence-electron chi connectivity index (χ4n) is 4.88. The molecular weight excluding hydrogens is 296 g/mol. The molecule has 0 aromatic rings. The van der Waals surface area contributed by atoms with Crippen molar-refractivity contribution < 1.29 is 19.8 Å². The van der Waals surface area contributed by atoms with Crippen molar-refractivity contribution in [2.24, 2.45) is 11.8 Å². The van der Waals surface area contributed by atoms with Crippen molar-refractivity contribution in [2.75, 3.05) is 6.54 Å². The second kappa shape index (κ2) is 6.06. The summed E-state index contributed by atoms with van der Waals surface area (Å²) in [5, 5.41) is 24.8. The van der Waals surface area contributed by atoms with Crippen molar-refractivity contribution in [2.45, 2.75) is 76.2 Å². The van der Waals surface area contributed by atoms with Gasteiger partial charge in [0, 0.05) is 12.6 Å². The monoisotopic (exact) mass is 324 g/mol. The highest BCUT2D eigenvalue weighted by Gasteiger charge is 2.63. The van der Waals surface area contributed by atoms with Gasteiger partial charge in [0.2, 0.25) is 11.8 Å². The molecule has 0 radical (unpaired) electrons. The molecule has 1 saturated carbocycles. The third kappa shape index (κ3) is 2.38. The lowest BCUT2D eigenvalue weighted by Crippen LogP contribution is -2.78. The Morgan fingerprint density at radius 3 is 2.65 bits per heavy atom. The standard InChI is InChI=1S/C17H28N2O4/c1-3-5-9-19-11-7-6-10(16(19)22)13-14(20)17(23,8-4-2)12(11)15(21)18-13/h10-14,20,23H,3-9H2,1-2H3,(H,18,21)/t10?,11-,12-,13?,14?,17?/m1/s1. The van der Waals surface area contributed by atoms with Crippen LogP contribution in [-0.4, -0.2) is 57.3 Å². The van der Waals surface area contributed by atoms with Crippen LogP contribution < -0.4 is 5.32 Å². The van der Waals surface area contributed by atoms with E-state index in [0.717, 1.165) is 19.3 Å². The number of hydrogen-bond donors (Lipinski definition) is 3. The molecule has 4 unspecified atom stereocenters. The fourth-order valence-corrected chi connectivity index (χ4v) is 4.88. The van der Waals surface area contributed by atoms with E-state index < -0.39 is 29.6 Å². The van der Waals surface area contributed by atoms with Crippen molar-refractivity contribution in [3.63, 3.8) is 0 Å². The van der Waals surface area contributed by atoms with Crippen LogP contribution in [0.25, 0.3) is 0 Å². The van der Waals surface area contributed by atoms with Crippen LogP contribution in [0.3, 0.4) is 0 Å². The van der Waals surface area contributed by atoms with Gasteiger partial charge in [-0.2, -0.15) is 0 Å². The third-order valence-corrected chi connectivity index (χ3v) is 5.98. The Kier molecular flexibility index (Phi) is 4.40. The van der Waals surface area contributed by atoms with Crippen LogP contribution in [0.5, 0.6) is 0 Å². The molecule has 2 amide bonds. The van der Waals surface area contributed by atoms with Crippen LogP contribution >= 0.6 is 0 Å². The first-order valence-electron chi connectivity index (χ1n) is 8.97. The van der Waals surface area contributed by atoms with Crippen molar-refractivity contribution in [1.82, 2.24) is 10.2 Å². The number of aliphatic hydroxyl groups is 2. The third-order valence-electron chi connectivity index (χ3n) is 5.98. The van der Waals surface area contributed by atoms with E-state index >= 15 is 0 Å². The Balaban J connectivity index is 2.04. The van der Waals surface area contributed by atoms with Crippen LogP contribution in [0.2, 0.25) is 0 Å². The molecule has 4 bridgehead atoms. The van der Waals surface area contributed by atoms with Gasteiger partial charge in [-0.25, -0.2) is 0 Å². The van der Waals surface area contributed by atoms with Gasteiger partial charge >= 0.3 is 0 Å². The number of rotatable bonds is 5. The average Bonchev–Trinajstić information content (AvgIpc) is 2.49. The fraction of sp³-hybridized carbons (Fsp3) is 0.882. The molecule has 0 aromatic heterocycles. The molecule has 6 rings (SSSR count). The number of aliphatic hydroxyl groups excluding tert-OH is 1.